The molecule has 0 atom stereocenters. The van der Waals surface area contributed by atoms with E-state index < -0.39 is 0 Å². The van der Waals surface area contributed by atoms with Gasteiger partial charge in [0, 0.05) is 6.42 Å². The fourth-order valence-electron chi connectivity index (χ4n) is 0.545. The molecule has 0 spiro atoms. The predicted octanol–water partition coefficient (Wildman–Crippen LogP) is 1.45. The van der Waals surface area contributed by atoms with Crippen molar-refractivity contribution in [2.24, 2.45) is 0 Å². The molecule has 0 N–H and O–H groups in total. The number of hydrogen-bond acceptors (Lipinski definition) is 3. The molecule has 0 fully saturated rings. The monoisotopic (exact) mass is 154 g/mol. The Morgan fingerprint density at radius 1 is 1.73 bits per heavy atom. The van der Waals surface area contributed by atoms with E-state index >= 15 is 0 Å². The summed E-state index contributed by atoms with van der Waals surface area (Å²) in [6, 6.07) is 1.89. The van der Waals surface area contributed by atoms with Crippen LogP contribution < -0.4 is 0 Å². The standard InChI is InChI=1S/C8H12NO2/c1-2-3-5-8(10)11-7-4-6-9/h2H,3-5,7H2,1H3. The average molecular weight is 154 g/mol. The Morgan fingerprint density at radius 2 is 2.45 bits per heavy atom. The number of carbonyl (C=O) groups is 1. The lowest BCUT2D eigenvalue weighted by molar-refractivity contribution is -0.143. The quantitative estimate of drug-likeness (QED) is 0.444. The summed E-state index contributed by atoms with van der Waals surface area (Å²) < 4.78 is 4.70. The summed E-state index contributed by atoms with van der Waals surface area (Å²) in [5, 5.41) is 8.11. The number of carbonyl (C=O) groups excluding carboxylic acids is 1. The number of esters is 1. The molecule has 11 heavy (non-hydrogen) atoms. The average Bonchev–Trinajstić information content (AvgIpc) is 2.01. The van der Waals surface area contributed by atoms with Crippen molar-refractivity contribution in [2.45, 2.75) is 26.2 Å². The van der Waals surface area contributed by atoms with E-state index in [9.17, 15) is 4.79 Å². The van der Waals surface area contributed by atoms with Gasteiger partial charge >= 0.3 is 5.97 Å². The minimum Gasteiger partial charge on any atom is -0.465 e. The Hall–Kier alpha value is -1.04. The van der Waals surface area contributed by atoms with Crippen LogP contribution in [-0.2, 0) is 9.53 Å². The first-order valence-corrected chi connectivity index (χ1v) is 3.61. The maximum atomic E-state index is 10.7. The Balaban J connectivity index is 3.17. The summed E-state index contributed by atoms with van der Waals surface area (Å²) in [4.78, 5) is 10.7. The SMILES string of the molecule is C[CH]CCC(=O)OCCC#N. The van der Waals surface area contributed by atoms with Crippen LogP contribution in [0.5, 0.6) is 0 Å². The molecule has 0 saturated carbocycles. The first-order valence-electron chi connectivity index (χ1n) is 3.61. The molecule has 0 aliphatic carbocycles. The highest BCUT2D eigenvalue weighted by molar-refractivity contribution is 5.69. The summed E-state index contributed by atoms with van der Waals surface area (Å²) in [6.07, 6.45) is 3.35. The molecule has 0 aromatic rings. The van der Waals surface area contributed by atoms with E-state index in [1.54, 1.807) is 0 Å². The first-order chi connectivity index (χ1) is 5.31. The molecule has 0 aromatic carbocycles. The van der Waals surface area contributed by atoms with Gasteiger partial charge in [-0.15, -0.1) is 0 Å². The van der Waals surface area contributed by atoms with Crippen molar-refractivity contribution in [3.05, 3.63) is 6.42 Å². The largest absolute Gasteiger partial charge is 0.465 e. The molecule has 3 heteroatoms. The van der Waals surface area contributed by atoms with Gasteiger partial charge in [0.25, 0.3) is 0 Å². The molecule has 0 aromatic heterocycles. The molecule has 61 valence electrons. The molecule has 0 unspecified atom stereocenters. The van der Waals surface area contributed by atoms with Crippen LogP contribution >= 0.6 is 0 Å². The maximum Gasteiger partial charge on any atom is 0.305 e. The zero-order valence-corrected chi connectivity index (χ0v) is 6.67. The van der Waals surface area contributed by atoms with Crippen molar-refractivity contribution < 1.29 is 9.53 Å². The molecule has 0 aliphatic rings. The number of hydrogen-bond donors (Lipinski definition) is 0. The zero-order chi connectivity index (χ0) is 8.53. The lowest BCUT2D eigenvalue weighted by Crippen LogP contribution is -2.04. The van der Waals surface area contributed by atoms with Crippen LogP contribution in [-0.4, -0.2) is 12.6 Å². The Bertz CT molecular complexity index is 149. The topological polar surface area (TPSA) is 50.1 Å². The highest BCUT2D eigenvalue weighted by Crippen LogP contribution is 1.95. The van der Waals surface area contributed by atoms with Crippen LogP contribution in [0.25, 0.3) is 0 Å². The predicted molar refractivity (Wildman–Crippen MR) is 40.4 cm³/mol. The minimum atomic E-state index is -0.224. The Labute approximate surface area is 67.0 Å². The third-order valence-electron chi connectivity index (χ3n) is 1.11. The summed E-state index contributed by atoms with van der Waals surface area (Å²) >= 11 is 0. The molecule has 0 amide bonds. The van der Waals surface area contributed by atoms with Gasteiger partial charge < -0.3 is 4.74 Å². The van der Waals surface area contributed by atoms with Crippen molar-refractivity contribution in [1.82, 2.24) is 0 Å². The molecule has 0 saturated heterocycles. The van der Waals surface area contributed by atoms with Gasteiger partial charge in [-0.25, -0.2) is 0 Å². The van der Waals surface area contributed by atoms with Crippen molar-refractivity contribution >= 4 is 5.97 Å². The van der Waals surface area contributed by atoms with E-state index in [4.69, 9.17) is 10.00 Å². The van der Waals surface area contributed by atoms with Gasteiger partial charge in [0.05, 0.1) is 12.5 Å². The second-order valence-electron chi connectivity index (χ2n) is 2.08. The summed E-state index contributed by atoms with van der Waals surface area (Å²) in [7, 11) is 0. The summed E-state index contributed by atoms with van der Waals surface area (Å²) in [5.74, 6) is -0.224. The van der Waals surface area contributed by atoms with Crippen LogP contribution in [0.4, 0.5) is 0 Å². The van der Waals surface area contributed by atoms with Gasteiger partial charge in [0.2, 0.25) is 0 Å². The number of rotatable bonds is 5. The van der Waals surface area contributed by atoms with Gasteiger partial charge in [-0.1, -0.05) is 6.92 Å². The van der Waals surface area contributed by atoms with Gasteiger partial charge in [0.15, 0.2) is 0 Å². The van der Waals surface area contributed by atoms with E-state index in [1.165, 1.54) is 0 Å². The molecule has 0 heterocycles. The van der Waals surface area contributed by atoms with E-state index in [0.717, 1.165) is 6.42 Å². The van der Waals surface area contributed by atoms with Gasteiger partial charge in [-0.2, -0.15) is 5.26 Å². The normalized spacial score (nSPS) is 8.73. The van der Waals surface area contributed by atoms with Crippen molar-refractivity contribution in [3.63, 3.8) is 0 Å². The third kappa shape index (κ3) is 6.85. The van der Waals surface area contributed by atoms with E-state index in [-0.39, 0.29) is 19.0 Å². The third-order valence-corrected chi connectivity index (χ3v) is 1.11. The lowest BCUT2D eigenvalue weighted by Gasteiger charge is -1.99. The van der Waals surface area contributed by atoms with E-state index in [0.29, 0.717) is 6.42 Å². The molecule has 0 rings (SSSR count). The summed E-state index contributed by atoms with van der Waals surface area (Å²) in [6.45, 7) is 2.11. The first kappa shape index (κ1) is 9.96. The maximum absolute atomic E-state index is 10.7. The molecule has 3 nitrogen and oxygen atoms in total. The van der Waals surface area contributed by atoms with Crippen LogP contribution in [0.3, 0.4) is 0 Å². The Kier molecular flexibility index (Phi) is 6.40. The Morgan fingerprint density at radius 3 is 3.00 bits per heavy atom. The van der Waals surface area contributed by atoms with Crippen molar-refractivity contribution in [3.8, 4) is 6.07 Å². The molecular weight excluding hydrogens is 142 g/mol. The van der Waals surface area contributed by atoms with Crippen LogP contribution in [0.2, 0.25) is 0 Å². The van der Waals surface area contributed by atoms with Gasteiger partial charge in [-0.3, -0.25) is 4.79 Å². The highest BCUT2D eigenvalue weighted by atomic mass is 16.5. The number of nitriles is 1. The van der Waals surface area contributed by atoms with Crippen molar-refractivity contribution in [1.29, 1.82) is 5.26 Å². The zero-order valence-electron chi connectivity index (χ0n) is 6.67. The van der Waals surface area contributed by atoms with Crippen LogP contribution in [0, 0.1) is 17.8 Å². The second-order valence-corrected chi connectivity index (χ2v) is 2.08. The smallest absolute Gasteiger partial charge is 0.305 e. The number of unbranched alkanes of at least 4 members (excludes halogenated alkanes) is 1. The van der Waals surface area contributed by atoms with Crippen molar-refractivity contribution in [2.75, 3.05) is 6.61 Å². The highest BCUT2D eigenvalue weighted by Gasteiger charge is 1.99. The molecular formula is C8H12NO2. The van der Waals surface area contributed by atoms with Crippen LogP contribution in [0.1, 0.15) is 26.2 Å². The van der Waals surface area contributed by atoms with Crippen LogP contribution in [0.15, 0.2) is 0 Å². The van der Waals surface area contributed by atoms with E-state index in [2.05, 4.69) is 0 Å². The lowest BCUT2D eigenvalue weighted by atomic mass is 10.2. The summed E-state index contributed by atoms with van der Waals surface area (Å²) in [5.41, 5.74) is 0. The van der Waals surface area contributed by atoms with Gasteiger partial charge in [0.1, 0.15) is 6.61 Å². The molecule has 1 radical (unpaired) electrons. The number of nitrogens with zero attached hydrogens (tertiary/aromatic N) is 1. The molecule has 0 aliphatic heterocycles. The van der Waals surface area contributed by atoms with E-state index in [1.807, 2.05) is 19.4 Å². The number of ether oxygens (including phenoxy) is 1. The second kappa shape index (κ2) is 7.07. The van der Waals surface area contributed by atoms with Gasteiger partial charge in [-0.05, 0) is 12.8 Å². The fraction of sp³-hybridized carbons (Fsp3) is 0.625. The molecule has 0 bridgehead atoms. The minimum absolute atomic E-state index is 0.221. The fourth-order valence-corrected chi connectivity index (χ4v) is 0.545.